The summed E-state index contributed by atoms with van der Waals surface area (Å²) in [6.45, 7) is 2.40. The van der Waals surface area contributed by atoms with E-state index in [4.69, 9.17) is 4.74 Å². The largest absolute Gasteiger partial charge is 0.384 e. The van der Waals surface area contributed by atoms with Crippen molar-refractivity contribution in [3.8, 4) is 0 Å². The SMILES string of the molecule is COCC1C2Cc3c(n[nH]c3C(C)=O)C12. The number of hydrogen-bond donors (Lipinski definition) is 1. The van der Waals surface area contributed by atoms with Gasteiger partial charge in [0, 0.05) is 32.1 Å². The van der Waals surface area contributed by atoms with Crippen LogP contribution in [-0.2, 0) is 11.2 Å². The Balaban J connectivity index is 1.88. The van der Waals surface area contributed by atoms with Gasteiger partial charge in [0.15, 0.2) is 5.78 Å². The van der Waals surface area contributed by atoms with E-state index in [0.29, 0.717) is 23.4 Å². The number of ether oxygens (including phenoxy) is 1. The Labute approximate surface area is 88.0 Å². The van der Waals surface area contributed by atoms with Crippen LogP contribution < -0.4 is 0 Å². The topological polar surface area (TPSA) is 55.0 Å². The summed E-state index contributed by atoms with van der Waals surface area (Å²) in [7, 11) is 1.74. The zero-order chi connectivity index (χ0) is 10.6. The monoisotopic (exact) mass is 206 g/mol. The lowest BCUT2D eigenvalue weighted by Gasteiger charge is -2.01. The highest BCUT2D eigenvalue weighted by Crippen LogP contribution is 2.61. The molecule has 0 spiro atoms. The molecule has 1 heterocycles. The third kappa shape index (κ3) is 1.11. The number of aromatic nitrogens is 2. The van der Waals surface area contributed by atoms with Gasteiger partial charge in [-0.05, 0) is 18.3 Å². The molecule has 1 fully saturated rings. The molecule has 2 aliphatic carbocycles. The molecule has 80 valence electrons. The van der Waals surface area contributed by atoms with Crippen molar-refractivity contribution in [1.82, 2.24) is 10.2 Å². The molecule has 1 saturated carbocycles. The van der Waals surface area contributed by atoms with Gasteiger partial charge in [-0.3, -0.25) is 9.89 Å². The minimum Gasteiger partial charge on any atom is -0.384 e. The maximum absolute atomic E-state index is 11.3. The second-order valence-electron chi connectivity index (χ2n) is 4.53. The number of carbonyl (C=O) groups is 1. The number of carbonyl (C=O) groups excluding carboxylic acids is 1. The number of ketones is 1. The Hall–Kier alpha value is -1.16. The molecule has 1 aromatic heterocycles. The number of fused-ring (bicyclic) bond motifs is 3. The maximum Gasteiger partial charge on any atom is 0.177 e. The molecule has 4 nitrogen and oxygen atoms in total. The Morgan fingerprint density at radius 2 is 2.47 bits per heavy atom. The van der Waals surface area contributed by atoms with E-state index < -0.39 is 0 Å². The first-order chi connectivity index (χ1) is 7.24. The fourth-order valence-electron chi connectivity index (χ4n) is 2.94. The molecule has 4 heteroatoms. The summed E-state index contributed by atoms with van der Waals surface area (Å²) >= 11 is 0. The molecular formula is C11H14N2O2. The normalized spacial score (nSPS) is 31.2. The van der Waals surface area contributed by atoms with Crippen molar-refractivity contribution in [3.63, 3.8) is 0 Å². The van der Waals surface area contributed by atoms with E-state index in [2.05, 4.69) is 10.2 Å². The molecule has 0 amide bonds. The Morgan fingerprint density at radius 1 is 1.67 bits per heavy atom. The van der Waals surface area contributed by atoms with Gasteiger partial charge in [0.1, 0.15) is 5.69 Å². The fourth-order valence-corrected chi connectivity index (χ4v) is 2.94. The van der Waals surface area contributed by atoms with E-state index in [9.17, 15) is 4.79 Å². The van der Waals surface area contributed by atoms with Crippen molar-refractivity contribution in [3.05, 3.63) is 17.0 Å². The Kier molecular flexibility index (Phi) is 1.77. The first kappa shape index (κ1) is 9.09. The predicted molar refractivity (Wildman–Crippen MR) is 53.9 cm³/mol. The van der Waals surface area contributed by atoms with E-state index in [1.807, 2.05) is 0 Å². The Morgan fingerprint density at radius 3 is 3.13 bits per heavy atom. The summed E-state index contributed by atoms with van der Waals surface area (Å²) in [5.41, 5.74) is 2.99. The number of H-pyrrole nitrogens is 1. The number of nitrogens with zero attached hydrogens (tertiary/aromatic N) is 1. The van der Waals surface area contributed by atoms with Crippen LogP contribution in [0, 0.1) is 11.8 Å². The zero-order valence-electron chi connectivity index (χ0n) is 8.91. The quantitative estimate of drug-likeness (QED) is 0.755. The average molecular weight is 206 g/mol. The highest BCUT2D eigenvalue weighted by atomic mass is 16.5. The summed E-state index contributed by atoms with van der Waals surface area (Å²) in [4.78, 5) is 11.3. The van der Waals surface area contributed by atoms with Crippen LogP contribution >= 0.6 is 0 Å². The lowest BCUT2D eigenvalue weighted by Crippen LogP contribution is -2.02. The number of aromatic amines is 1. The molecule has 0 aliphatic heterocycles. The van der Waals surface area contributed by atoms with Gasteiger partial charge in [-0.25, -0.2) is 0 Å². The van der Waals surface area contributed by atoms with Crippen LogP contribution in [0.15, 0.2) is 0 Å². The zero-order valence-corrected chi connectivity index (χ0v) is 8.91. The van der Waals surface area contributed by atoms with Crippen molar-refractivity contribution >= 4 is 5.78 Å². The molecule has 1 aromatic rings. The summed E-state index contributed by atoms with van der Waals surface area (Å²) in [5, 5.41) is 7.13. The van der Waals surface area contributed by atoms with Crippen LogP contribution in [0.1, 0.15) is 34.6 Å². The lowest BCUT2D eigenvalue weighted by atomic mass is 10.1. The van der Waals surface area contributed by atoms with Crippen LogP contribution in [0.25, 0.3) is 0 Å². The molecule has 0 saturated heterocycles. The van der Waals surface area contributed by atoms with Gasteiger partial charge in [-0.2, -0.15) is 5.10 Å². The molecule has 0 aromatic carbocycles. The molecule has 3 rings (SSSR count). The van der Waals surface area contributed by atoms with Crippen molar-refractivity contribution < 1.29 is 9.53 Å². The number of Topliss-reactive ketones (excluding diaryl/α,β-unsaturated/α-hetero) is 1. The molecule has 0 bridgehead atoms. The fraction of sp³-hybridized carbons (Fsp3) is 0.636. The third-order valence-electron chi connectivity index (χ3n) is 3.70. The van der Waals surface area contributed by atoms with Gasteiger partial charge < -0.3 is 4.74 Å². The minimum atomic E-state index is 0.0911. The van der Waals surface area contributed by atoms with Gasteiger partial charge in [0.25, 0.3) is 0 Å². The average Bonchev–Trinajstić information content (AvgIpc) is 2.60. The highest BCUT2D eigenvalue weighted by molar-refractivity contribution is 5.94. The molecule has 0 radical (unpaired) electrons. The lowest BCUT2D eigenvalue weighted by molar-refractivity contribution is 0.101. The van der Waals surface area contributed by atoms with E-state index in [0.717, 1.165) is 24.3 Å². The smallest absolute Gasteiger partial charge is 0.177 e. The maximum atomic E-state index is 11.3. The van der Waals surface area contributed by atoms with Crippen molar-refractivity contribution in [2.24, 2.45) is 11.8 Å². The second kappa shape index (κ2) is 2.92. The highest BCUT2D eigenvalue weighted by Gasteiger charge is 2.57. The van der Waals surface area contributed by atoms with Crippen molar-refractivity contribution in [1.29, 1.82) is 0 Å². The van der Waals surface area contributed by atoms with Gasteiger partial charge in [0.05, 0.1) is 5.69 Å². The summed E-state index contributed by atoms with van der Waals surface area (Å²) in [6.07, 6.45) is 0.999. The van der Waals surface area contributed by atoms with Crippen LogP contribution in [0.2, 0.25) is 0 Å². The van der Waals surface area contributed by atoms with Crippen molar-refractivity contribution in [2.45, 2.75) is 19.3 Å². The van der Waals surface area contributed by atoms with Gasteiger partial charge >= 0.3 is 0 Å². The standard InChI is InChI=1S/C11H14N2O2/c1-5(14)10-7-3-6-8(4-15-2)9(6)11(7)13-12-10/h6,8-9H,3-4H2,1-2H3,(H,12,13). The summed E-state index contributed by atoms with van der Waals surface area (Å²) in [5.74, 6) is 1.94. The molecular weight excluding hydrogens is 192 g/mol. The molecule has 3 atom stereocenters. The van der Waals surface area contributed by atoms with E-state index in [-0.39, 0.29) is 5.78 Å². The number of nitrogens with one attached hydrogen (secondary N) is 1. The minimum absolute atomic E-state index is 0.0911. The number of hydrogen-bond acceptors (Lipinski definition) is 3. The predicted octanol–water partition coefficient (Wildman–Crippen LogP) is 1.14. The first-order valence-electron chi connectivity index (χ1n) is 5.31. The second-order valence-corrected chi connectivity index (χ2v) is 4.53. The van der Waals surface area contributed by atoms with Gasteiger partial charge in [0.2, 0.25) is 0 Å². The summed E-state index contributed by atoms with van der Waals surface area (Å²) in [6, 6.07) is 0. The molecule has 1 N–H and O–H groups in total. The van der Waals surface area contributed by atoms with E-state index in [1.165, 1.54) is 0 Å². The summed E-state index contributed by atoms with van der Waals surface area (Å²) < 4.78 is 5.17. The third-order valence-corrected chi connectivity index (χ3v) is 3.70. The Bertz CT molecular complexity index is 424. The van der Waals surface area contributed by atoms with Crippen LogP contribution in [0.5, 0.6) is 0 Å². The van der Waals surface area contributed by atoms with Gasteiger partial charge in [-0.1, -0.05) is 0 Å². The molecule has 3 unspecified atom stereocenters. The van der Waals surface area contributed by atoms with Crippen LogP contribution in [0.3, 0.4) is 0 Å². The van der Waals surface area contributed by atoms with Gasteiger partial charge in [-0.15, -0.1) is 0 Å². The van der Waals surface area contributed by atoms with Crippen molar-refractivity contribution in [2.75, 3.05) is 13.7 Å². The van der Waals surface area contributed by atoms with Crippen LogP contribution in [0.4, 0.5) is 0 Å². The number of methoxy groups -OCH3 is 1. The van der Waals surface area contributed by atoms with E-state index in [1.54, 1.807) is 14.0 Å². The first-order valence-corrected chi connectivity index (χ1v) is 5.31. The van der Waals surface area contributed by atoms with E-state index >= 15 is 0 Å². The molecule has 15 heavy (non-hydrogen) atoms. The van der Waals surface area contributed by atoms with Crippen LogP contribution in [-0.4, -0.2) is 29.7 Å². The molecule has 2 aliphatic rings. The number of rotatable bonds is 3.